The minimum Gasteiger partial charge on any atom is -0.396 e. The molecule has 0 radical (unpaired) electrons. The summed E-state index contributed by atoms with van der Waals surface area (Å²) in [7, 11) is 0. The molecule has 0 aliphatic rings. The molecule has 0 aromatic heterocycles. The van der Waals surface area contributed by atoms with Gasteiger partial charge in [-0.25, -0.2) is 0 Å². The van der Waals surface area contributed by atoms with Crippen LogP contribution in [0.25, 0.3) is 0 Å². The molecule has 0 bridgehead atoms. The van der Waals surface area contributed by atoms with E-state index in [9.17, 15) is 0 Å². The highest BCUT2D eigenvalue weighted by atomic mass is 32.2. The molecule has 1 N–H and O–H groups in total. The van der Waals surface area contributed by atoms with E-state index in [2.05, 4.69) is 13.8 Å². The smallest absolute Gasteiger partial charge is 0.0464 e. The molecule has 0 aliphatic heterocycles. The fraction of sp³-hybridized carbons (Fsp3) is 1.00. The minimum atomic E-state index is 0.338. The number of rotatable bonds is 13. The molecule has 0 aromatic rings. The van der Waals surface area contributed by atoms with Gasteiger partial charge in [-0.05, 0) is 23.8 Å². The summed E-state index contributed by atoms with van der Waals surface area (Å²) in [6.45, 7) is 4.73. The highest BCUT2D eigenvalue weighted by Crippen LogP contribution is 2.13. The van der Waals surface area contributed by atoms with Crippen LogP contribution in [0.4, 0.5) is 0 Å². The summed E-state index contributed by atoms with van der Waals surface area (Å²) in [5.74, 6) is 2.87. The topological polar surface area (TPSA) is 20.2 Å². The molecule has 0 fully saturated rings. The van der Waals surface area contributed by atoms with Crippen molar-refractivity contribution in [2.45, 2.75) is 71.6 Å². The molecule has 0 heterocycles. The molecule has 0 spiro atoms. The van der Waals surface area contributed by atoms with Crippen LogP contribution < -0.4 is 0 Å². The summed E-state index contributed by atoms with van der Waals surface area (Å²) in [5, 5.41) is 8.88. The minimum absolute atomic E-state index is 0.338. The Bertz CT molecular complexity index is 139. The monoisotopic (exact) mass is 260 g/mol. The van der Waals surface area contributed by atoms with Crippen LogP contribution in [0.1, 0.15) is 71.6 Å². The molecule has 0 saturated carbocycles. The SMILES string of the molecule is CCCCCCCCCCCSCC(C)CO. The third-order valence-corrected chi connectivity index (χ3v) is 4.49. The molecule has 0 aliphatic carbocycles. The second-order valence-corrected chi connectivity index (χ2v) is 6.34. The van der Waals surface area contributed by atoms with Crippen molar-refractivity contribution < 1.29 is 5.11 Å². The van der Waals surface area contributed by atoms with Gasteiger partial charge < -0.3 is 5.11 Å². The first kappa shape index (κ1) is 17.3. The zero-order valence-electron chi connectivity index (χ0n) is 11.9. The Hall–Kier alpha value is 0.310. The normalized spacial score (nSPS) is 12.9. The summed E-state index contributed by atoms with van der Waals surface area (Å²) in [5.41, 5.74) is 0. The van der Waals surface area contributed by atoms with Crippen molar-refractivity contribution >= 4 is 11.8 Å². The Kier molecular flexibility index (Phi) is 14.6. The second-order valence-electron chi connectivity index (χ2n) is 5.19. The van der Waals surface area contributed by atoms with Gasteiger partial charge in [-0.1, -0.05) is 65.2 Å². The van der Waals surface area contributed by atoms with Crippen molar-refractivity contribution in [3.8, 4) is 0 Å². The van der Waals surface area contributed by atoms with Gasteiger partial charge in [0.15, 0.2) is 0 Å². The zero-order valence-corrected chi connectivity index (χ0v) is 12.7. The molecular formula is C15H32OS. The highest BCUT2D eigenvalue weighted by Gasteiger charge is 1.99. The molecule has 0 rings (SSSR count). The predicted octanol–water partition coefficient (Wildman–Crippen LogP) is 4.88. The average Bonchev–Trinajstić information content (AvgIpc) is 2.35. The first-order valence-corrected chi connectivity index (χ1v) is 8.65. The molecular weight excluding hydrogens is 228 g/mol. The van der Waals surface area contributed by atoms with Gasteiger partial charge in [-0.3, -0.25) is 0 Å². The average molecular weight is 260 g/mol. The highest BCUT2D eigenvalue weighted by molar-refractivity contribution is 7.99. The molecule has 0 saturated heterocycles. The van der Waals surface area contributed by atoms with Crippen molar-refractivity contribution in [2.24, 2.45) is 5.92 Å². The van der Waals surface area contributed by atoms with E-state index in [1.54, 1.807) is 0 Å². The fourth-order valence-corrected chi connectivity index (χ4v) is 2.93. The van der Waals surface area contributed by atoms with E-state index in [1.165, 1.54) is 63.5 Å². The second kappa shape index (κ2) is 14.4. The van der Waals surface area contributed by atoms with Gasteiger partial charge >= 0.3 is 0 Å². The number of unbranched alkanes of at least 4 members (excludes halogenated alkanes) is 8. The van der Waals surface area contributed by atoms with E-state index in [4.69, 9.17) is 5.11 Å². The van der Waals surface area contributed by atoms with E-state index < -0.39 is 0 Å². The van der Waals surface area contributed by atoms with Crippen molar-refractivity contribution in [1.29, 1.82) is 0 Å². The van der Waals surface area contributed by atoms with Gasteiger partial charge in [0.2, 0.25) is 0 Å². The van der Waals surface area contributed by atoms with Crippen molar-refractivity contribution in [3.05, 3.63) is 0 Å². The fourth-order valence-electron chi connectivity index (χ4n) is 1.85. The Labute approximate surface area is 113 Å². The van der Waals surface area contributed by atoms with Crippen LogP contribution in [0.2, 0.25) is 0 Å². The maximum Gasteiger partial charge on any atom is 0.0464 e. The predicted molar refractivity (Wildman–Crippen MR) is 80.8 cm³/mol. The molecule has 0 amide bonds. The maximum atomic E-state index is 8.88. The van der Waals surface area contributed by atoms with E-state index >= 15 is 0 Å². The maximum absolute atomic E-state index is 8.88. The van der Waals surface area contributed by atoms with Gasteiger partial charge in [0.05, 0.1) is 0 Å². The lowest BCUT2D eigenvalue weighted by molar-refractivity contribution is 0.250. The standard InChI is InChI=1S/C15H32OS/c1-3-4-5-6-7-8-9-10-11-12-17-14-15(2)13-16/h15-16H,3-14H2,1-2H3. The Morgan fingerprint density at radius 2 is 1.41 bits per heavy atom. The Balaban J connectivity index is 2.94. The van der Waals surface area contributed by atoms with Crippen LogP contribution >= 0.6 is 11.8 Å². The number of aliphatic hydroxyl groups excluding tert-OH is 1. The van der Waals surface area contributed by atoms with E-state index in [0.717, 1.165) is 5.75 Å². The first-order chi connectivity index (χ1) is 8.31. The molecule has 104 valence electrons. The lowest BCUT2D eigenvalue weighted by Gasteiger charge is -2.06. The summed E-state index contributed by atoms with van der Waals surface area (Å²) >= 11 is 2.00. The number of thioether (sulfide) groups is 1. The van der Waals surface area contributed by atoms with Crippen LogP contribution in [0.5, 0.6) is 0 Å². The van der Waals surface area contributed by atoms with Crippen LogP contribution in [0.15, 0.2) is 0 Å². The zero-order chi connectivity index (χ0) is 12.8. The summed E-state index contributed by atoms with van der Waals surface area (Å²) in [4.78, 5) is 0. The van der Waals surface area contributed by atoms with E-state index in [0.29, 0.717) is 12.5 Å². The summed E-state index contributed by atoms with van der Waals surface area (Å²) < 4.78 is 0. The van der Waals surface area contributed by atoms with Gasteiger partial charge in [-0.15, -0.1) is 0 Å². The lowest BCUT2D eigenvalue weighted by Crippen LogP contribution is -2.03. The summed E-state index contributed by atoms with van der Waals surface area (Å²) in [6.07, 6.45) is 12.7. The number of hydrogen-bond donors (Lipinski definition) is 1. The van der Waals surface area contributed by atoms with Crippen molar-refractivity contribution in [1.82, 2.24) is 0 Å². The van der Waals surface area contributed by atoms with Crippen LogP contribution in [-0.2, 0) is 0 Å². The molecule has 0 aromatic carbocycles. The Morgan fingerprint density at radius 3 is 1.94 bits per heavy atom. The van der Waals surface area contributed by atoms with Gasteiger partial charge in [-0.2, -0.15) is 11.8 Å². The van der Waals surface area contributed by atoms with Crippen LogP contribution in [0.3, 0.4) is 0 Å². The first-order valence-electron chi connectivity index (χ1n) is 7.49. The van der Waals surface area contributed by atoms with Crippen molar-refractivity contribution in [2.75, 3.05) is 18.1 Å². The Morgan fingerprint density at radius 1 is 0.882 bits per heavy atom. The summed E-state index contributed by atoms with van der Waals surface area (Å²) in [6, 6.07) is 0. The number of aliphatic hydroxyl groups is 1. The van der Waals surface area contributed by atoms with Gasteiger partial charge in [0.1, 0.15) is 0 Å². The third-order valence-electron chi connectivity index (χ3n) is 3.11. The largest absolute Gasteiger partial charge is 0.396 e. The van der Waals surface area contributed by atoms with Gasteiger partial charge in [0, 0.05) is 6.61 Å². The lowest BCUT2D eigenvalue weighted by atomic mass is 10.1. The van der Waals surface area contributed by atoms with Gasteiger partial charge in [0.25, 0.3) is 0 Å². The molecule has 1 unspecified atom stereocenters. The molecule has 2 heteroatoms. The van der Waals surface area contributed by atoms with Crippen molar-refractivity contribution in [3.63, 3.8) is 0 Å². The molecule has 17 heavy (non-hydrogen) atoms. The van der Waals surface area contributed by atoms with E-state index in [1.807, 2.05) is 11.8 Å². The third kappa shape index (κ3) is 14.2. The van der Waals surface area contributed by atoms with Crippen LogP contribution in [-0.4, -0.2) is 23.2 Å². The molecule has 1 atom stereocenters. The number of hydrogen-bond acceptors (Lipinski definition) is 2. The molecule has 1 nitrogen and oxygen atoms in total. The quantitative estimate of drug-likeness (QED) is 0.476. The van der Waals surface area contributed by atoms with Crippen LogP contribution in [0, 0.1) is 5.92 Å². The van der Waals surface area contributed by atoms with E-state index in [-0.39, 0.29) is 0 Å².